The molecular formula is C66H86N2O2. The van der Waals surface area contributed by atoms with Gasteiger partial charge in [-0.15, -0.1) is 0 Å². The van der Waals surface area contributed by atoms with E-state index in [1.165, 1.54) is 176 Å². The first-order valence-electron chi connectivity index (χ1n) is 27.5. The fourth-order valence-electron chi connectivity index (χ4n) is 9.43. The molecule has 0 aliphatic heterocycles. The van der Waals surface area contributed by atoms with Crippen molar-refractivity contribution in [2.75, 3.05) is 18.0 Å². The molecule has 0 aliphatic rings. The van der Waals surface area contributed by atoms with Crippen molar-refractivity contribution in [1.82, 2.24) is 0 Å². The molecule has 0 aromatic heterocycles. The Morgan fingerprint density at radius 2 is 0.586 bits per heavy atom. The van der Waals surface area contributed by atoms with Crippen molar-refractivity contribution in [3.05, 3.63) is 176 Å². The van der Waals surface area contributed by atoms with Crippen LogP contribution < -0.4 is 4.90 Å². The van der Waals surface area contributed by atoms with Crippen molar-refractivity contribution < 1.29 is 4.92 Å². The lowest BCUT2D eigenvalue weighted by molar-refractivity contribution is -0.384. The normalized spacial score (nSPS) is 12.0. The Kier molecular flexibility index (Phi) is 26.0. The van der Waals surface area contributed by atoms with Gasteiger partial charge in [-0.1, -0.05) is 264 Å². The third-order valence-corrected chi connectivity index (χ3v) is 13.9. The van der Waals surface area contributed by atoms with Crippen LogP contribution in [0.4, 0.5) is 11.4 Å². The zero-order valence-corrected chi connectivity index (χ0v) is 43.6. The smallest absolute Gasteiger partial charge is 0.269 e. The van der Waals surface area contributed by atoms with Gasteiger partial charge in [0.05, 0.1) is 4.92 Å². The van der Waals surface area contributed by atoms with Crippen molar-refractivity contribution in [2.45, 2.75) is 156 Å². The van der Waals surface area contributed by atoms with E-state index in [2.05, 4.69) is 166 Å². The molecular weight excluding hydrogens is 853 g/mol. The molecule has 0 aliphatic carbocycles. The lowest BCUT2D eigenvalue weighted by Gasteiger charge is -2.33. The Labute approximate surface area is 424 Å². The highest BCUT2D eigenvalue weighted by Gasteiger charge is 2.20. The van der Waals surface area contributed by atoms with E-state index in [-0.39, 0.29) is 10.6 Å². The van der Waals surface area contributed by atoms with Crippen LogP contribution in [0.25, 0.3) is 48.6 Å². The van der Waals surface area contributed by atoms with Crippen molar-refractivity contribution in [2.24, 2.45) is 11.8 Å². The number of nitro groups is 1. The molecule has 0 saturated heterocycles. The summed E-state index contributed by atoms with van der Waals surface area (Å²) in [5.41, 5.74) is 10.6. The van der Waals surface area contributed by atoms with E-state index >= 15 is 0 Å². The number of non-ortho nitro benzene ring substituents is 1. The summed E-state index contributed by atoms with van der Waals surface area (Å²) < 4.78 is 0. The van der Waals surface area contributed by atoms with Crippen LogP contribution in [-0.2, 0) is 0 Å². The first-order chi connectivity index (χ1) is 34.3. The molecule has 70 heavy (non-hydrogen) atoms. The molecule has 0 saturated carbocycles. The molecule has 0 atom stereocenters. The summed E-state index contributed by atoms with van der Waals surface area (Å²) >= 11 is 0. The summed E-state index contributed by atoms with van der Waals surface area (Å²) in [6.07, 6.45) is 44.3. The number of unbranched alkanes of at least 4 members (excludes halogenated alkanes) is 12. The number of benzene rings is 5. The summed E-state index contributed by atoms with van der Waals surface area (Å²) in [5, 5.41) is 10.9. The second kappa shape index (κ2) is 33.0. The maximum absolute atomic E-state index is 10.9. The summed E-state index contributed by atoms with van der Waals surface area (Å²) in [7, 11) is 0. The first-order valence-corrected chi connectivity index (χ1v) is 27.5. The van der Waals surface area contributed by atoms with Gasteiger partial charge in [-0.25, -0.2) is 0 Å². The number of hydrogen-bond donors (Lipinski definition) is 0. The van der Waals surface area contributed by atoms with E-state index in [0.29, 0.717) is 0 Å². The number of hydrogen-bond acceptors (Lipinski definition) is 3. The summed E-state index contributed by atoms with van der Waals surface area (Å²) in [5.74, 6) is 1.54. The molecule has 0 spiro atoms. The standard InChI is InChI=1S/C66H86N2O2/c1-5-9-13-17-21-63(22-18-14-10-6-2)53-67(54-64(23-19-15-11-7-3)24-20-16-12-8-4)65-49-45-61(46-50-65)43-41-59-37-33-57(34-38-59)31-29-55-25-27-56(28-26-55)30-32-58-35-39-60(40-36-58)42-44-62-47-51-66(52-48-62)68(69)70/h25-52,63-64H,5-24,53-54H2,1-4H3/b31-29+,32-30+,43-41+,44-42+. The van der Waals surface area contributed by atoms with E-state index < -0.39 is 0 Å². The maximum atomic E-state index is 10.9. The van der Waals surface area contributed by atoms with Crippen molar-refractivity contribution in [3.8, 4) is 0 Å². The molecule has 372 valence electrons. The number of anilines is 1. The first kappa shape index (κ1) is 55.2. The number of rotatable bonds is 34. The predicted octanol–water partition coefficient (Wildman–Crippen LogP) is 20.2. The molecule has 0 bridgehead atoms. The van der Waals surface area contributed by atoms with Crippen LogP contribution in [0.3, 0.4) is 0 Å². The quantitative estimate of drug-likeness (QED) is 0.0179. The highest BCUT2D eigenvalue weighted by molar-refractivity contribution is 5.76. The molecule has 4 heteroatoms. The van der Waals surface area contributed by atoms with Gasteiger partial charge in [-0.3, -0.25) is 10.1 Å². The Bertz CT molecular complexity index is 2230. The van der Waals surface area contributed by atoms with E-state index in [4.69, 9.17) is 0 Å². The largest absolute Gasteiger partial charge is 0.371 e. The second-order valence-electron chi connectivity index (χ2n) is 19.8. The average molecular weight is 939 g/mol. The van der Waals surface area contributed by atoms with Crippen molar-refractivity contribution in [3.63, 3.8) is 0 Å². The molecule has 5 aromatic rings. The minimum Gasteiger partial charge on any atom is -0.371 e. The minimum absolute atomic E-state index is 0.0989. The van der Waals surface area contributed by atoms with E-state index in [9.17, 15) is 10.1 Å². The zero-order valence-electron chi connectivity index (χ0n) is 43.6. The maximum Gasteiger partial charge on any atom is 0.269 e. The third kappa shape index (κ3) is 21.5. The summed E-state index contributed by atoms with van der Waals surface area (Å²) in [6.45, 7) is 11.7. The molecule has 0 heterocycles. The Morgan fingerprint density at radius 3 is 0.814 bits per heavy atom. The van der Waals surface area contributed by atoms with Gasteiger partial charge in [0.2, 0.25) is 0 Å². The van der Waals surface area contributed by atoms with Crippen LogP contribution in [0.5, 0.6) is 0 Å². The average Bonchev–Trinajstić information content (AvgIpc) is 3.39. The zero-order chi connectivity index (χ0) is 49.4. The highest BCUT2D eigenvalue weighted by atomic mass is 16.6. The van der Waals surface area contributed by atoms with E-state index in [0.717, 1.165) is 39.7 Å². The monoisotopic (exact) mass is 939 g/mol. The summed E-state index contributed by atoms with van der Waals surface area (Å²) in [6, 6.07) is 41.9. The van der Waals surface area contributed by atoms with Crippen molar-refractivity contribution >= 4 is 60.0 Å². The van der Waals surface area contributed by atoms with E-state index in [1.807, 2.05) is 12.2 Å². The topological polar surface area (TPSA) is 46.4 Å². The highest BCUT2D eigenvalue weighted by Crippen LogP contribution is 2.28. The predicted molar refractivity (Wildman–Crippen MR) is 309 cm³/mol. The molecule has 0 N–H and O–H groups in total. The molecule has 5 aromatic carbocycles. The number of nitrogens with zero attached hydrogens (tertiary/aromatic N) is 2. The van der Waals surface area contributed by atoms with Gasteiger partial charge in [0, 0.05) is 30.9 Å². The van der Waals surface area contributed by atoms with Gasteiger partial charge >= 0.3 is 0 Å². The van der Waals surface area contributed by atoms with Gasteiger partial charge in [-0.2, -0.15) is 0 Å². The SMILES string of the molecule is CCCCCCC(CCCCCC)CN(CC(CCCCCC)CCCCCC)c1ccc(/C=C/c2ccc(/C=C/c3ccc(/C=C/c4ccc(/C=C/c5ccc([N+](=O)[O-])cc5)cc4)cc3)cc2)cc1. The van der Waals surface area contributed by atoms with Crippen LogP contribution in [0, 0.1) is 22.0 Å². The minimum atomic E-state index is -0.380. The Balaban J connectivity index is 1.17. The van der Waals surface area contributed by atoms with Crippen LogP contribution in [0.15, 0.2) is 121 Å². The van der Waals surface area contributed by atoms with Gasteiger partial charge in [0.25, 0.3) is 5.69 Å². The Morgan fingerprint density at radius 1 is 0.357 bits per heavy atom. The van der Waals surface area contributed by atoms with Crippen molar-refractivity contribution in [1.29, 1.82) is 0 Å². The van der Waals surface area contributed by atoms with Crippen LogP contribution in [-0.4, -0.2) is 18.0 Å². The fraction of sp³-hybridized carbons (Fsp3) is 0.424. The molecule has 0 radical (unpaired) electrons. The molecule has 5 rings (SSSR count). The van der Waals surface area contributed by atoms with Crippen LogP contribution in [0.2, 0.25) is 0 Å². The van der Waals surface area contributed by atoms with Crippen LogP contribution >= 0.6 is 0 Å². The van der Waals surface area contributed by atoms with Gasteiger partial charge in [0.15, 0.2) is 0 Å². The molecule has 0 fully saturated rings. The lowest BCUT2D eigenvalue weighted by Crippen LogP contribution is -2.34. The number of nitro benzene ring substituents is 1. The van der Waals surface area contributed by atoms with E-state index in [1.54, 1.807) is 12.1 Å². The van der Waals surface area contributed by atoms with Gasteiger partial charge in [-0.05, 0) is 106 Å². The third-order valence-electron chi connectivity index (χ3n) is 13.9. The Hall–Kier alpha value is -5.74. The van der Waals surface area contributed by atoms with Gasteiger partial charge < -0.3 is 4.90 Å². The molecule has 0 unspecified atom stereocenters. The van der Waals surface area contributed by atoms with Crippen LogP contribution in [0.1, 0.15) is 201 Å². The molecule has 4 nitrogen and oxygen atoms in total. The fourth-order valence-corrected chi connectivity index (χ4v) is 9.43. The second-order valence-corrected chi connectivity index (χ2v) is 19.8. The molecule has 0 amide bonds. The lowest BCUT2D eigenvalue weighted by atomic mass is 9.91. The van der Waals surface area contributed by atoms with Gasteiger partial charge in [0.1, 0.15) is 0 Å². The summed E-state index contributed by atoms with van der Waals surface area (Å²) in [4.78, 5) is 13.4.